The van der Waals surface area contributed by atoms with E-state index in [1.54, 1.807) is 4.90 Å². The Kier molecular flexibility index (Phi) is 9.48. The van der Waals surface area contributed by atoms with Gasteiger partial charge in [-0.2, -0.15) is 0 Å². The van der Waals surface area contributed by atoms with E-state index in [1.807, 2.05) is 26.8 Å². The van der Waals surface area contributed by atoms with Crippen LogP contribution in [0, 0.1) is 0 Å². The van der Waals surface area contributed by atoms with E-state index >= 15 is 0 Å². The summed E-state index contributed by atoms with van der Waals surface area (Å²) in [6.07, 6.45) is 3.75. The number of unbranched alkanes of at least 4 members (excludes halogenated alkanes) is 1. The predicted molar refractivity (Wildman–Crippen MR) is 116 cm³/mol. The summed E-state index contributed by atoms with van der Waals surface area (Å²) in [6, 6.07) is 3.68. The molecule has 2 atom stereocenters. The molecule has 1 aromatic heterocycles. The van der Waals surface area contributed by atoms with Crippen LogP contribution in [0.4, 0.5) is 10.6 Å². The lowest BCUT2D eigenvalue weighted by molar-refractivity contribution is -0.0938. The molecule has 30 heavy (non-hydrogen) atoms. The molecule has 0 saturated carbocycles. The molecule has 0 saturated heterocycles. The third-order valence-corrected chi connectivity index (χ3v) is 4.89. The van der Waals surface area contributed by atoms with E-state index in [1.165, 1.54) is 7.11 Å². The Balaban J connectivity index is 1.79. The first-order valence-corrected chi connectivity index (χ1v) is 10.7. The van der Waals surface area contributed by atoms with Crippen molar-refractivity contribution in [3.63, 3.8) is 0 Å². The summed E-state index contributed by atoms with van der Waals surface area (Å²) in [5, 5.41) is 9.44. The van der Waals surface area contributed by atoms with Gasteiger partial charge in [0.15, 0.2) is 6.29 Å². The van der Waals surface area contributed by atoms with Crippen molar-refractivity contribution in [3.05, 3.63) is 23.4 Å². The minimum atomic E-state index is -0.955. The Labute approximate surface area is 179 Å². The lowest BCUT2D eigenvalue weighted by Gasteiger charge is -2.31. The van der Waals surface area contributed by atoms with Crippen LogP contribution in [0.25, 0.3) is 0 Å². The highest BCUT2D eigenvalue weighted by atomic mass is 16.6. The molecule has 170 valence electrons. The molecular weight excluding hydrogens is 386 g/mol. The van der Waals surface area contributed by atoms with E-state index in [4.69, 9.17) is 24.9 Å². The Hall–Kier alpha value is -1.74. The number of aromatic nitrogens is 1. The molecule has 2 heterocycles. The van der Waals surface area contributed by atoms with E-state index in [0.717, 1.165) is 49.2 Å². The van der Waals surface area contributed by atoms with E-state index in [2.05, 4.69) is 6.07 Å². The fraction of sp³-hybridized carbons (Fsp3) is 0.727. The third kappa shape index (κ3) is 7.83. The van der Waals surface area contributed by atoms with Gasteiger partial charge in [0.1, 0.15) is 11.4 Å². The molecule has 0 bridgehead atoms. The SMILES string of the molecule is COC(O)C(N)CCOCCCCc1ccc2c(n1)N(C(=O)OC(C)(C)C)CCC2. The number of anilines is 1. The van der Waals surface area contributed by atoms with E-state index in [9.17, 15) is 9.90 Å². The summed E-state index contributed by atoms with van der Waals surface area (Å²) in [6.45, 7) is 7.36. The highest BCUT2D eigenvalue weighted by molar-refractivity contribution is 5.88. The molecule has 1 aromatic rings. The number of aliphatic hydroxyl groups is 1. The van der Waals surface area contributed by atoms with Gasteiger partial charge in [-0.05, 0) is 70.9 Å². The number of ether oxygens (including phenoxy) is 3. The second-order valence-electron chi connectivity index (χ2n) is 8.67. The molecule has 2 rings (SSSR count). The van der Waals surface area contributed by atoms with E-state index < -0.39 is 17.9 Å². The molecule has 1 aliphatic rings. The number of nitrogens with two attached hydrogens (primary N) is 1. The molecule has 8 nitrogen and oxygen atoms in total. The lowest BCUT2D eigenvalue weighted by atomic mass is 10.0. The number of aliphatic hydroxyl groups excluding tert-OH is 1. The normalized spacial score (nSPS) is 16.1. The molecule has 3 N–H and O–H groups in total. The molecular formula is C22H37N3O5. The Morgan fingerprint density at radius 1 is 1.30 bits per heavy atom. The van der Waals surface area contributed by atoms with Gasteiger partial charge in [0.25, 0.3) is 0 Å². The molecule has 0 radical (unpaired) electrons. The fourth-order valence-corrected chi connectivity index (χ4v) is 3.26. The van der Waals surface area contributed by atoms with Crippen molar-refractivity contribution in [2.24, 2.45) is 5.73 Å². The number of rotatable bonds is 10. The Morgan fingerprint density at radius 3 is 2.77 bits per heavy atom. The number of hydrogen-bond donors (Lipinski definition) is 2. The van der Waals surface area contributed by atoms with Gasteiger partial charge < -0.3 is 25.1 Å². The van der Waals surface area contributed by atoms with Crippen LogP contribution in [0.15, 0.2) is 12.1 Å². The molecule has 1 amide bonds. The van der Waals surface area contributed by atoms with Crippen LogP contribution in [0.1, 0.15) is 57.7 Å². The number of methoxy groups -OCH3 is 1. The van der Waals surface area contributed by atoms with Gasteiger partial charge >= 0.3 is 6.09 Å². The average Bonchev–Trinajstić information content (AvgIpc) is 2.70. The van der Waals surface area contributed by atoms with Crippen LogP contribution in [-0.2, 0) is 27.1 Å². The van der Waals surface area contributed by atoms with Crippen molar-refractivity contribution in [3.8, 4) is 0 Å². The van der Waals surface area contributed by atoms with Crippen LogP contribution >= 0.6 is 0 Å². The summed E-state index contributed by atoms with van der Waals surface area (Å²) in [4.78, 5) is 19.0. The molecule has 0 spiro atoms. The number of aryl methyl sites for hydroxylation is 2. The smallest absolute Gasteiger partial charge is 0.416 e. The summed E-state index contributed by atoms with van der Waals surface area (Å²) < 4.78 is 15.9. The first-order chi connectivity index (χ1) is 14.2. The molecule has 2 unspecified atom stereocenters. The van der Waals surface area contributed by atoms with Crippen LogP contribution in [0.3, 0.4) is 0 Å². The quantitative estimate of drug-likeness (QED) is 0.440. The van der Waals surface area contributed by atoms with Crippen LogP contribution < -0.4 is 10.6 Å². The largest absolute Gasteiger partial charge is 0.443 e. The minimum Gasteiger partial charge on any atom is -0.443 e. The summed E-state index contributed by atoms with van der Waals surface area (Å²) >= 11 is 0. The average molecular weight is 424 g/mol. The van der Waals surface area contributed by atoms with Gasteiger partial charge in [-0.25, -0.2) is 9.78 Å². The van der Waals surface area contributed by atoms with Crippen LogP contribution in [0.2, 0.25) is 0 Å². The number of amides is 1. The summed E-state index contributed by atoms with van der Waals surface area (Å²) in [5.74, 6) is 0.731. The first-order valence-electron chi connectivity index (χ1n) is 10.7. The van der Waals surface area contributed by atoms with E-state index in [0.29, 0.717) is 26.2 Å². The fourth-order valence-electron chi connectivity index (χ4n) is 3.26. The van der Waals surface area contributed by atoms with Crippen LogP contribution in [0.5, 0.6) is 0 Å². The number of nitrogens with zero attached hydrogens (tertiary/aromatic N) is 2. The summed E-state index contributed by atoms with van der Waals surface area (Å²) in [5.41, 5.74) is 7.30. The standard InChI is InChI=1S/C22H37N3O5/c1-22(2,3)30-21(27)25-13-7-8-16-10-11-17(24-19(16)25)9-5-6-14-29-15-12-18(23)20(26)28-4/h10-11,18,20,26H,5-9,12-15,23H2,1-4H3. The first kappa shape index (κ1) is 24.5. The number of hydrogen-bond acceptors (Lipinski definition) is 7. The molecule has 0 aromatic carbocycles. The van der Waals surface area contributed by atoms with Crippen molar-refractivity contribution in [1.29, 1.82) is 0 Å². The summed E-state index contributed by atoms with van der Waals surface area (Å²) in [7, 11) is 1.42. The maximum atomic E-state index is 12.6. The number of carbonyl (C=O) groups excluding carboxylic acids is 1. The molecule has 1 aliphatic heterocycles. The van der Waals surface area contributed by atoms with Gasteiger partial charge in [-0.15, -0.1) is 0 Å². The van der Waals surface area contributed by atoms with E-state index in [-0.39, 0.29) is 6.09 Å². The van der Waals surface area contributed by atoms with Crippen molar-refractivity contribution in [2.75, 3.05) is 31.8 Å². The zero-order valence-electron chi connectivity index (χ0n) is 18.7. The lowest BCUT2D eigenvalue weighted by Crippen LogP contribution is -2.40. The van der Waals surface area contributed by atoms with Gasteiger partial charge in [0.2, 0.25) is 0 Å². The number of fused-ring (bicyclic) bond motifs is 1. The maximum Gasteiger partial charge on any atom is 0.416 e. The van der Waals surface area contributed by atoms with Gasteiger partial charge in [-0.1, -0.05) is 6.07 Å². The van der Waals surface area contributed by atoms with Crippen molar-refractivity contribution < 1.29 is 24.1 Å². The van der Waals surface area contributed by atoms with Crippen molar-refractivity contribution in [1.82, 2.24) is 4.98 Å². The molecule has 0 aliphatic carbocycles. The number of pyridine rings is 1. The predicted octanol–water partition coefficient (Wildman–Crippen LogP) is 2.79. The second kappa shape index (κ2) is 11.6. The zero-order chi connectivity index (χ0) is 22.1. The monoisotopic (exact) mass is 423 g/mol. The topological polar surface area (TPSA) is 107 Å². The highest BCUT2D eigenvalue weighted by Gasteiger charge is 2.28. The third-order valence-electron chi connectivity index (χ3n) is 4.89. The zero-order valence-corrected chi connectivity index (χ0v) is 18.7. The maximum absolute atomic E-state index is 12.6. The van der Waals surface area contributed by atoms with Gasteiger partial charge in [-0.3, -0.25) is 4.90 Å². The second-order valence-corrected chi connectivity index (χ2v) is 8.67. The van der Waals surface area contributed by atoms with Gasteiger partial charge in [0.05, 0.1) is 6.04 Å². The highest BCUT2D eigenvalue weighted by Crippen LogP contribution is 2.27. The minimum absolute atomic E-state index is 0.335. The molecule has 0 fully saturated rings. The van der Waals surface area contributed by atoms with Crippen LogP contribution in [-0.4, -0.2) is 61.0 Å². The Morgan fingerprint density at radius 2 is 2.07 bits per heavy atom. The number of carbonyl (C=O) groups is 1. The molecule has 8 heteroatoms. The van der Waals surface area contributed by atoms with Crippen molar-refractivity contribution >= 4 is 11.9 Å². The Bertz CT molecular complexity index is 677. The van der Waals surface area contributed by atoms with Crippen molar-refractivity contribution in [2.45, 2.75) is 77.2 Å². The van der Waals surface area contributed by atoms with Gasteiger partial charge in [0, 0.05) is 32.6 Å².